The highest BCUT2D eigenvalue weighted by molar-refractivity contribution is 5.73. The fourth-order valence-corrected chi connectivity index (χ4v) is 4.11. The zero-order chi connectivity index (χ0) is 22.0. The van der Waals surface area contributed by atoms with Crippen molar-refractivity contribution in [3.8, 4) is 0 Å². The number of rotatable bonds is 4. The average molecular weight is 431 g/mol. The van der Waals surface area contributed by atoms with Gasteiger partial charge in [-0.25, -0.2) is 4.98 Å². The van der Waals surface area contributed by atoms with Gasteiger partial charge in [0.2, 0.25) is 5.91 Å². The number of benzene rings is 1. The first-order valence-electron chi connectivity index (χ1n) is 10.2. The molecule has 4 rings (SSSR count). The molecule has 164 valence electrons. The molecule has 2 aromatic heterocycles. The van der Waals surface area contributed by atoms with E-state index in [1.54, 1.807) is 25.4 Å². The third kappa shape index (κ3) is 5.22. The predicted molar refractivity (Wildman–Crippen MR) is 109 cm³/mol. The monoisotopic (exact) mass is 431 g/mol. The van der Waals surface area contributed by atoms with Crippen molar-refractivity contribution in [1.29, 1.82) is 0 Å². The standard InChI is InChI=1S/C22H24F3N5O/c1-16(31)29-8-7-28(12-17-3-2-4-19(9-17)22(23,24)25)13-18(14-29)10-20-15-30-6-5-26-21(30)11-27-20/h2-6,9,11,15,18H,7-8,10,12-14H2,1H3. The van der Waals surface area contributed by atoms with Gasteiger partial charge >= 0.3 is 6.18 Å². The van der Waals surface area contributed by atoms with Crippen LogP contribution in [-0.2, 0) is 23.9 Å². The molecule has 1 fully saturated rings. The Morgan fingerprint density at radius 2 is 2.03 bits per heavy atom. The Balaban J connectivity index is 1.51. The molecule has 0 N–H and O–H groups in total. The molecule has 0 saturated carbocycles. The first-order chi connectivity index (χ1) is 14.8. The molecule has 1 aliphatic heterocycles. The highest BCUT2D eigenvalue weighted by Gasteiger charge is 2.31. The fraction of sp³-hybridized carbons (Fsp3) is 0.409. The molecule has 1 aromatic carbocycles. The largest absolute Gasteiger partial charge is 0.416 e. The average Bonchev–Trinajstić information content (AvgIpc) is 3.08. The van der Waals surface area contributed by atoms with Crippen LogP contribution >= 0.6 is 0 Å². The number of imidazole rings is 1. The molecule has 1 unspecified atom stereocenters. The van der Waals surface area contributed by atoms with Gasteiger partial charge in [-0.3, -0.25) is 14.7 Å². The van der Waals surface area contributed by atoms with Crippen LogP contribution in [0.4, 0.5) is 13.2 Å². The lowest BCUT2D eigenvalue weighted by atomic mass is 10.0. The third-order valence-electron chi connectivity index (χ3n) is 5.62. The zero-order valence-corrected chi connectivity index (χ0v) is 17.2. The summed E-state index contributed by atoms with van der Waals surface area (Å²) in [5.41, 5.74) is 1.63. The van der Waals surface area contributed by atoms with Crippen LogP contribution in [0.5, 0.6) is 0 Å². The maximum absolute atomic E-state index is 13.1. The van der Waals surface area contributed by atoms with E-state index < -0.39 is 11.7 Å². The summed E-state index contributed by atoms with van der Waals surface area (Å²) in [5, 5.41) is 0. The quantitative estimate of drug-likeness (QED) is 0.636. The normalized spacial score (nSPS) is 18.3. The minimum Gasteiger partial charge on any atom is -0.341 e. The number of amides is 1. The van der Waals surface area contributed by atoms with Gasteiger partial charge < -0.3 is 9.30 Å². The van der Waals surface area contributed by atoms with E-state index in [4.69, 9.17) is 0 Å². The summed E-state index contributed by atoms with van der Waals surface area (Å²) in [6.45, 7) is 4.39. The summed E-state index contributed by atoms with van der Waals surface area (Å²) >= 11 is 0. The van der Waals surface area contributed by atoms with E-state index in [1.807, 2.05) is 21.7 Å². The second-order valence-corrected chi connectivity index (χ2v) is 8.04. The van der Waals surface area contributed by atoms with Gasteiger partial charge in [0.25, 0.3) is 0 Å². The maximum Gasteiger partial charge on any atom is 0.416 e. The molecule has 0 spiro atoms. The van der Waals surface area contributed by atoms with Crippen LogP contribution in [0, 0.1) is 5.92 Å². The second kappa shape index (κ2) is 8.66. The van der Waals surface area contributed by atoms with E-state index in [1.165, 1.54) is 12.1 Å². The lowest BCUT2D eigenvalue weighted by Crippen LogP contribution is -2.34. The van der Waals surface area contributed by atoms with Crippen molar-refractivity contribution in [3.05, 3.63) is 65.9 Å². The Hall–Kier alpha value is -2.94. The Labute approximate surface area is 178 Å². The molecule has 3 aromatic rings. The van der Waals surface area contributed by atoms with E-state index >= 15 is 0 Å². The molecule has 9 heteroatoms. The molecule has 31 heavy (non-hydrogen) atoms. The molecule has 6 nitrogen and oxygen atoms in total. The number of nitrogens with zero attached hydrogens (tertiary/aromatic N) is 5. The van der Waals surface area contributed by atoms with E-state index in [9.17, 15) is 18.0 Å². The zero-order valence-electron chi connectivity index (χ0n) is 17.2. The molecule has 0 aliphatic carbocycles. The molecule has 0 radical (unpaired) electrons. The second-order valence-electron chi connectivity index (χ2n) is 8.04. The van der Waals surface area contributed by atoms with Crippen LogP contribution in [0.15, 0.2) is 49.1 Å². The first kappa shape index (κ1) is 21.3. The lowest BCUT2D eigenvalue weighted by Gasteiger charge is -2.24. The smallest absolute Gasteiger partial charge is 0.341 e. The van der Waals surface area contributed by atoms with Crippen LogP contribution in [0.3, 0.4) is 0 Å². The van der Waals surface area contributed by atoms with Gasteiger partial charge in [-0.2, -0.15) is 13.2 Å². The van der Waals surface area contributed by atoms with Crippen LogP contribution in [0.1, 0.15) is 23.7 Å². The SMILES string of the molecule is CC(=O)N1CCN(Cc2cccc(C(F)(F)F)c2)CC(Cc2cn3ccnc3cn2)C1. The number of fused-ring (bicyclic) bond motifs is 1. The minimum absolute atomic E-state index is 0.00365. The number of alkyl halides is 3. The number of carbonyl (C=O) groups excluding carboxylic acids is 1. The highest BCUT2D eigenvalue weighted by atomic mass is 19.4. The molecule has 3 heterocycles. The first-order valence-corrected chi connectivity index (χ1v) is 10.2. The Morgan fingerprint density at radius 3 is 2.81 bits per heavy atom. The summed E-state index contributed by atoms with van der Waals surface area (Å²) in [5.74, 6) is 0.120. The molecular formula is C22H24F3N5O. The van der Waals surface area contributed by atoms with Gasteiger partial charge in [0.05, 0.1) is 17.5 Å². The van der Waals surface area contributed by atoms with Crippen molar-refractivity contribution in [1.82, 2.24) is 24.2 Å². The molecule has 1 atom stereocenters. The summed E-state index contributed by atoms with van der Waals surface area (Å²) in [6, 6.07) is 5.45. The lowest BCUT2D eigenvalue weighted by molar-refractivity contribution is -0.137. The Bertz CT molecular complexity index is 1060. The number of hydrogen-bond donors (Lipinski definition) is 0. The van der Waals surface area contributed by atoms with E-state index in [0.29, 0.717) is 44.7 Å². The summed E-state index contributed by atoms with van der Waals surface area (Å²) in [7, 11) is 0. The van der Waals surface area contributed by atoms with Crippen molar-refractivity contribution >= 4 is 11.6 Å². The Kier molecular flexibility index (Phi) is 5.95. The van der Waals surface area contributed by atoms with Crippen LogP contribution in [0.2, 0.25) is 0 Å². The van der Waals surface area contributed by atoms with Crippen LogP contribution < -0.4 is 0 Å². The number of hydrogen-bond acceptors (Lipinski definition) is 4. The van der Waals surface area contributed by atoms with Crippen molar-refractivity contribution < 1.29 is 18.0 Å². The summed E-state index contributed by atoms with van der Waals surface area (Å²) < 4.78 is 41.1. The number of halogens is 3. The Morgan fingerprint density at radius 1 is 1.19 bits per heavy atom. The van der Waals surface area contributed by atoms with Crippen LogP contribution in [0.25, 0.3) is 5.65 Å². The van der Waals surface area contributed by atoms with Gasteiger partial charge in [-0.1, -0.05) is 18.2 Å². The van der Waals surface area contributed by atoms with Gasteiger partial charge in [-0.15, -0.1) is 0 Å². The van der Waals surface area contributed by atoms with E-state index in [-0.39, 0.29) is 11.8 Å². The number of aromatic nitrogens is 3. The van der Waals surface area contributed by atoms with Gasteiger partial charge in [0, 0.05) is 58.2 Å². The molecule has 1 amide bonds. The van der Waals surface area contributed by atoms with Crippen molar-refractivity contribution in [2.75, 3.05) is 26.2 Å². The molecule has 0 bridgehead atoms. The summed E-state index contributed by atoms with van der Waals surface area (Å²) in [4.78, 5) is 24.7. The molecular weight excluding hydrogens is 407 g/mol. The van der Waals surface area contributed by atoms with Crippen molar-refractivity contribution in [2.45, 2.75) is 26.1 Å². The fourth-order valence-electron chi connectivity index (χ4n) is 4.11. The van der Waals surface area contributed by atoms with E-state index in [2.05, 4.69) is 14.9 Å². The molecule has 1 saturated heterocycles. The van der Waals surface area contributed by atoms with Crippen molar-refractivity contribution in [2.24, 2.45) is 5.92 Å². The number of carbonyl (C=O) groups is 1. The van der Waals surface area contributed by atoms with E-state index in [0.717, 1.165) is 17.4 Å². The topological polar surface area (TPSA) is 53.7 Å². The maximum atomic E-state index is 13.1. The van der Waals surface area contributed by atoms with Gasteiger partial charge in [-0.05, 0) is 24.0 Å². The third-order valence-corrected chi connectivity index (χ3v) is 5.62. The van der Waals surface area contributed by atoms with Gasteiger partial charge in [0.15, 0.2) is 5.65 Å². The predicted octanol–water partition coefficient (Wildman–Crippen LogP) is 3.27. The van der Waals surface area contributed by atoms with Gasteiger partial charge in [0.1, 0.15) is 0 Å². The van der Waals surface area contributed by atoms with Crippen LogP contribution in [-0.4, -0.2) is 56.3 Å². The molecule has 1 aliphatic rings. The minimum atomic E-state index is -4.36. The van der Waals surface area contributed by atoms with Crippen molar-refractivity contribution in [3.63, 3.8) is 0 Å². The highest BCUT2D eigenvalue weighted by Crippen LogP contribution is 2.30. The summed E-state index contributed by atoms with van der Waals surface area (Å²) in [6.07, 6.45) is 3.52.